The molecule has 1 aromatic rings. The number of nitrogens with two attached hydrogens (primary N) is 1. The molecule has 0 unspecified atom stereocenters. The molecular weight excluding hydrogens is 474 g/mol. The molecule has 1 aliphatic carbocycles. The zero-order valence-electron chi connectivity index (χ0n) is 14.9. The number of Topliss-reactive ketones (excluding diaryl/α,β-unsaturated/α-hetero) is 1. The number of hydrogen-bond donors (Lipinski definition) is 1. The van der Waals surface area contributed by atoms with Gasteiger partial charge in [0.2, 0.25) is 0 Å². The number of hydrogen-bond acceptors (Lipinski definition) is 5. The summed E-state index contributed by atoms with van der Waals surface area (Å²) in [6, 6.07) is 6.00. The predicted molar refractivity (Wildman–Crippen MR) is 111 cm³/mol. The highest BCUT2D eigenvalue weighted by molar-refractivity contribution is 9.11. The van der Waals surface area contributed by atoms with Crippen molar-refractivity contribution in [1.29, 1.82) is 5.26 Å². The zero-order chi connectivity index (χ0) is 19.7. The fourth-order valence-corrected chi connectivity index (χ4v) is 5.07. The van der Waals surface area contributed by atoms with Crippen LogP contribution < -0.4 is 10.5 Å². The minimum absolute atomic E-state index is 0.0765. The third-order valence-electron chi connectivity index (χ3n) is 4.87. The van der Waals surface area contributed by atoms with E-state index < -0.39 is 5.92 Å². The molecule has 0 fully saturated rings. The molecule has 0 spiro atoms. The normalized spacial score (nSPS) is 19.7. The van der Waals surface area contributed by atoms with Crippen molar-refractivity contribution >= 4 is 37.6 Å². The molecule has 1 aromatic carbocycles. The van der Waals surface area contributed by atoms with Crippen LogP contribution >= 0.6 is 31.9 Å². The number of halogens is 2. The number of rotatable bonds is 4. The van der Waals surface area contributed by atoms with Gasteiger partial charge in [0.25, 0.3) is 0 Å². The van der Waals surface area contributed by atoms with Crippen LogP contribution in [0.15, 0.2) is 56.4 Å². The largest absolute Gasteiger partial charge is 0.487 e. The minimum Gasteiger partial charge on any atom is -0.487 e. The van der Waals surface area contributed by atoms with E-state index in [1.807, 2.05) is 19.2 Å². The van der Waals surface area contributed by atoms with Crippen LogP contribution in [0.3, 0.4) is 0 Å². The van der Waals surface area contributed by atoms with E-state index in [-0.39, 0.29) is 5.78 Å². The Kier molecular flexibility index (Phi) is 5.78. The standard InChI is InChI=1S/C20H19Br2N3O2/c1-3-7-27-19-13(21)8-11(9-14(19)22)17-12(10-23)20(24)25(2)15-5-4-6-16(26)18(15)17/h3,8-9,17H,1,4-7,24H2,2H3/t17-/m1/s1. The van der Waals surface area contributed by atoms with Crippen molar-refractivity contribution in [3.63, 3.8) is 0 Å². The predicted octanol–water partition coefficient (Wildman–Crippen LogP) is 4.51. The van der Waals surface area contributed by atoms with E-state index in [4.69, 9.17) is 10.5 Å². The topological polar surface area (TPSA) is 79.3 Å². The van der Waals surface area contributed by atoms with E-state index in [1.54, 1.807) is 11.0 Å². The van der Waals surface area contributed by atoms with Crippen LogP contribution in [-0.2, 0) is 4.79 Å². The van der Waals surface area contributed by atoms with Crippen LogP contribution in [0.25, 0.3) is 0 Å². The molecule has 0 saturated heterocycles. The van der Waals surface area contributed by atoms with Crippen LogP contribution in [-0.4, -0.2) is 24.3 Å². The lowest BCUT2D eigenvalue weighted by molar-refractivity contribution is -0.116. The molecule has 0 amide bonds. The monoisotopic (exact) mass is 491 g/mol. The number of carbonyl (C=O) groups is 1. The Hall–Kier alpha value is -2.04. The minimum atomic E-state index is -0.477. The maximum absolute atomic E-state index is 12.8. The average Bonchev–Trinajstić information content (AvgIpc) is 2.64. The average molecular weight is 493 g/mol. The van der Waals surface area contributed by atoms with Crippen LogP contribution in [0.1, 0.15) is 30.7 Å². The van der Waals surface area contributed by atoms with E-state index in [0.717, 1.165) is 33.0 Å². The first kappa shape index (κ1) is 19.7. The van der Waals surface area contributed by atoms with E-state index in [9.17, 15) is 10.1 Å². The first-order valence-electron chi connectivity index (χ1n) is 8.53. The summed E-state index contributed by atoms with van der Waals surface area (Å²) in [5.41, 5.74) is 9.06. The van der Waals surface area contributed by atoms with E-state index in [1.165, 1.54) is 0 Å². The Morgan fingerprint density at radius 3 is 2.67 bits per heavy atom. The molecule has 0 aromatic heterocycles. The second-order valence-corrected chi connectivity index (χ2v) is 8.16. The van der Waals surface area contributed by atoms with E-state index in [2.05, 4.69) is 44.5 Å². The van der Waals surface area contributed by atoms with Gasteiger partial charge in [0.05, 0.1) is 26.5 Å². The van der Waals surface area contributed by atoms with E-state index in [0.29, 0.717) is 35.7 Å². The van der Waals surface area contributed by atoms with Gasteiger partial charge in [-0.05, 0) is 62.4 Å². The molecule has 2 aliphatic rings. The van der Waals surface area contributed by atoms with Gasteiger partial charge in [-0.15, -0.1) is 0 Å². The summed E-state index contributed by atoms with van der Waals surface area (Å²) in [7, 11) is 1.81. The third kappa shape index (κ3) is 3.44. The third-order valence-corrected chi connectivity index (χ3v) is 6.05. The van der Waals surface area contributed by atoms with Crippen LogP contribution in [0.2, 0.25) is 0 Å². The van der Waals surface area contributed by atoms with Gasteiger partial charge in [0.1, 0.15) is 18.2 Å². The Labute approximate surface area is 175 Å². The molecule has 1 atom stereocenters. The molecule has 140 valence electrons. The number of nitriles is 1. The summed E-state index contributed by atoms with van der Waals surface area (Å²) in [6.45, 7) is 4.03. The quantitative estimate of drug-likeness (QED) is 0.625. The van der Waals surface area contributed by atoms with Gasteiger partial charge in [-0.3, -0.25) is 4.79 Å². The summed E-state index contributed by atoms with van der Waals surface area (Å²) in [5.74, 6) is 0.643. The highest BCUT2D eigenvalue weighted by atomic mass is 79.9. The van der Waals surface area contributed by atoms with Crippen LogP contribution in [0.5, 0.6) is 5.75 Å². The van der Waals surface area contributed by atoms with E-state index >= 15 is 0 Å². The molecule has 7 heteroatoms. The number of ketones is 1. The summed E-state index contributed by atoms with van der Waals surface area (Å²) < 4.78 is 7.14. The lowest BCUT2D eigenvalue weighted by atomic mass is 9.76. The van der Waals surface area contributed by atoms with Crippen LogP contribution in [0.4, 0.5) is 0 Å². The van der Waals surface area contributed by atoms with Gasteiger partial charge in [-0.1, -0.05) is 12.7 Å². The number of allylic oxidation sites excluding steroid dienone is 3. The second kappa shape index (κ2) is 7.91. The lowest BCUT2D eigenvalue weighted by Crippen LogP contribution is -2.36. The Morgan fingerprint density at radius 1 is 1.41 bits per heavy atom. The molecule has 5 nitrogen and oxygen atoms in total. The van der Waals surface area contributed by atoms with Crippen molar-refractivity contribution in [1.82, 2.24) is 4.90 Å². The summed E-state index contributed by atoms with van der Waals surface area (Å²) >= 11 is 7.07. The van der Waals surface area contributed by atoms with Crippen molar-refractivity contribution < 1.29 is 9.53 Å². The summed E-state index contributed by atoms with van der Waals surface area (Å²) in [5, 5.41) is 9.79. The fourth-order valence-electron chi connectivity index (χ4n) is 3.62. The molecule has 0 bridgehead atoms. The number of carbonyl (C=O) groups excluding carboxylic acids is 1. The number of benzene rings is 1. The smallest absolute Gasteiger partial charge is 0.161 e. The lowest BCUT2D eigenvalue weighted by Gasteiger charge is -2.37. The first-order chi connectivity index (χ1) is 12.9. The van der Waals surface area contributed by atoms with Gasteiger partial charge in [-0.25, -0.2) is 0 Å². The Morgan fingerprint density at radius 2 is 2.07 bits per heavy atom. The molecule has 0 saturated carbocycles. The number of nitrogens with zero attached hydrogens (tertiary/aromatic N) is 2. The molecule has 3 rings (SSSR count). The summed E-state index contributed by atoms with van der Waals surface area (Å²) in [6.07, 6.45) is 3.73. The van der Waals surface area contributed by atoms with Crippen molar-refractivity contribution in [3.8, 4) is 11.8 Å². The van der Waals surface area contributed by atoms with Crippen molar-refractivity contribution in [2.24, 2.45) is 5.73 Å². The van der Waals surface area contributed by atoms with Gasteiger partial charge >= 0.3 is 0 Å². The highest BCUT2D eigenvalue weighted by Gasteiger charge is 2.39. The maximum atomic E-state index is 12.8. The molecule has 27 heavy (non-hydrogen) atoms. The van der Waals surface area contributed by atoms with Gasteiger partial charge in [0, 0.05) is 24.7 Å². The Balaban J connectivity index is 2.18. The second-order valence-electron chi connectivity index (χ2n) is 6.45. The van der Waals surface area contributed by atoms with Crippen molar-refractivity contribution in [2.45, 2.75) is 25.2 Å². The van der Waals surface area contributed by atoms with Gasteiger partial charge < -0.3 is 15.4 Å². The molecule has 1 aliphatic heterocycles. The molecule has 0 radical (unpaired) electrons. The van der Waals surface area contributed by atoms with Gasteiger partial charge in [-0.2, -0.15) is 5.26 Å². The maximum Gasteiger partial charge on any atom is 0.161 e. The summed E-state index contributed by atoms with van der Waals surface area (Å²) in [4.78, 5) is 14.6. The Bertz CT molecular complexity index is 905. The molecular formula is C20H19Br2N3O2. The number of ether oxygens (including phenoxy) is 1. The van der Waals surface area contributed by atoms with Crippen molar-refractivity contribution in [2.75, 3.05) is 13.7 Å². The van der Waals surface area contributed by atoms with Gasteiger partial charge in [0.15, 0.2) is 5.78 Å². The molecule has 2 N–H and O–H groups in total. The first-order valence-corrected chi connectivity index (χ1v) is 10.1. The highest BCUT2D eigenvalue weighted by Crippen LogP contribution is 2.46. The zero-order valence-corrected chi connectivity index (χ0v) is 18.1. The molecule has 1 heterocycles. The van der Waals surface area contributed by atoms with Crippen LogP contribution in [0, 0.1) is 11.3 Å². The van der Waals surface area contributed by atoms with Crippen molar-refractivity contribution in [3.05, 3.63) is 62.0 Å². The SMILES string of the molecule is C=CCOc1c(Br)cc([C@@H]2C(C#N)=C(N)N(C)C3=C2C(=O)CCC3)cc1Br. The fraction of sp³-hybridized carbons (Fsp3) is 0.300.